The molecule has 2 N–H and O–H groups in total. The maximum Gasteiger partial charge on any atom is 0.308 e. The van der Waals surface area contributed by atoms with Gasteiger partial charge in [-0.25, -0.2) is 0 Å². The van der Waals surface area contributed by atoms with Crippen LogP contribution in [0.3, 0.4) is 0 Å². The molecule has 1 fully saturated rings. The normalized spacial score (nSPS) is 34.8. The molecular weight excluding hydrogens is 118 g/mol. The smallest absolute Gasteiger partial charge is 0.308 e. The SMILES string of the molecule is CC1NCCC1C(=O)O. The lowest BCUT2D eigenvalue weighted by atomic mass is 10.0. The Labute approximate surface area is 54.1 Å². The van der Waals surface area contributed by atoms with Crippen LogP contribution < -0.4 is 5.32 Å². The van der Waals surface area contributed by atoms with Crippen LogP contribution in [0.25, 0.3) is 0 Å². The molecule has 0 saturated carbocycles. The Morgan fingerprint density at radius 2 is 2.44 bits per heavy atom. The lowest BCUT2D eigenvalue weighted by Gasteiger charge is -2.07. The van der Waals surface area contributed by atoms with Gasteiger partial charge in [0.25, 0.3) is 0 Å². The van der Waals surface area contributed by atoms with Crippen molar-refractivity contribution in [2.75, 3.05) is 6.54 Å². The molecule has 1 rings (SSSR count). The summed E-state index contributed by atoms with van der Waals surface area (Å²) in [6.45, 7) is 2.75. The van der Waals surface area contributed by atoms with Gasteiger partial charge in [0.1, 0.15) is 0 Å². The highest BCUT2D eigenvalue weighted by Crippen LogP contribution is 2.14. The summed E-state index contributed by atoms with van der Waals surface area (Å²) in [7, 11) is 0. The lowest BCUT2D eigenvalue weighted by Crippen LogP contribution is -2.27. The van der Waals surface area contributed by atoms with Crippen molar-refractivity contribution in [3.8, 4) is 0 Å². The Morgan fingerprint density at radius 1 is 1.78 bits per heavy atom. The topological polar surface area (TPSA) is 49.3 Å². The summed E-state index contributed by atoms with van der Waals surface area (Å²) in [6.07, 6.45) is 0.774. The van der Waals surface area contributed by atoms with E-state index >= 15 is 0 Å². The second-order valence-electron chi connectivity index (χ2n) is 2.48. The third-order valence-electron chi connectivity index (χ3n) is 1.84. The first-order valence-corrected chi connectivity index (χ1v) is 3.18. The lowest BCUT2D eigenvalue weighted by molar-refractivity contribution is -0.141. The van der Waals surface area contributed by atoms with Crippen LogP contribution in [0.4, 0.5) is 0 Å². The predicted octanol–water partition coefficient (Wildman–Crippen LogP) is 0.0690. The number of carbonyl (C=O) groups is 1. The zero-order chi connectivity index (χ0) is 6.85. The number of carboxylic acid groups (broad SMARTS) is 1. The largest absolute Gasteiger partial charge is 0.481 e. The van der Waals surface area contributed by atoms with E-state index in [4.69, 9.17) is 5.11 Å². The average molecular weight is 129 g/mol. The van der Waals surface area contributed by atoms with E-state index in [0.717, 1.165) is 13.0 Å². The van der Waals surface area contributed by atoms with Crippen molar-refractivity contribution < 1.29 is 9.90 Å². The van der Waals surface area contributed by atoms with E-state index in [1.807, 2.05) is 6.92 Å². The number of hydrogen-bond acceptors (Lipinski definition) is 2. The Kier molecular flexibility index (Phi) is 1.71. The fourth-order valence-electron chi connectivity index (χ4n) is 1.20. The van der Waals surface area contributed by atoms with Crippen molar-refractivity contribution in [3.05, 3.63) is 0 Å². The summed E-state index contributed by atoms with van der Waals surface area (Å²) < 4.78 is 0. The molecule has 2 atom stereocenters. The molecule has 1 saturated heterocycles. The number of nitrogens with one attached hydrogen (secondary N) is 1. The second kappa shape index (κ2) is 2.35. The first-order chi connectivity index (χ1) is 4.22. The summed E-state index contributed by atoms with van der Waals surface area (Å²) in [4.78, 5) is 10.4. The van der Waals surface area contributed by atoms with Crippen molar-refractivity contribution >= 4 is 5.97 Å². The molecule has 3 heteroatoms. The van der Waals surface area contributed by atoms with E-state index in [9.17, 15) is 4.79 Å². The molecule has 0 aromatic heterocycles. The molecule has 1 heterocycles. The van der Waals surface area contributed by atoms with Gasteiger partial charge in [0.15, 0.2) is 0 Å². The Hall–Kier alpha value is -0.570. The quantitative estimate of drug-likeness (QED) is 0.526. The highest BCUT2D eigenvalue weighted by Gasteiger charge is 2.28. The Bertz CT molecular complexity index is 124. The minimum Gasteiger partial charge on any atom is -0.481 e. The minimum absolute atomic E-state index is 0.155. The number of hydrogen-bond donors (Lipinski definition) is 2. The fourth-order valence-corrected chi connectivity index (χ4v) is 1.20. The van der Waals surface area contributed by atoms with Crippen LogP contribution in [0, 0.1) is 5.92 Å². The van der Waals surface area contributed by atoms with E-state index in [2.05, 4.69) is 5.32 Å². The van der Waals surface area contributed by atoms with Crippen molar-refractivity contribution in [1.82, 2.24) is 5.32 Å². The first kappa shape index (κ1) is 6.55. The molecule has 0 aliphatic carbocycles. The Morgan fingerprint density at radius 3 is 2.67 bits per heavy atom. The molecule has 1 aliphatic rings. The van der Waals surface area contributed by atoms with E-state index in [1.165, 1.54) is 0 Å². The molecule has 0 amide bonds. The summed E-state index contributed by atoms with van der Waals surface area (Å²) in [5.41, 5.74) is 0. The zero-order valence-electron chi connectivity index (χ0n) is 5.42. The molecular formula is C6H11NO2. The average Bonchev–Trinajstić information content (AvgIpc) is 2.13. The molecule has 52 valence electrons. The van der Waals surface area contributed by atoms with E-state index < -0.39 is 5.97 Å². The highest BCUT2D eigenvalue weighted by molar-refractivity contribution is 5.71. The van der Waals surface area contributed by atoms with Gasteiger partial charge in [-0.15, -0.1) is 0 Å². The predicted molar refractivity (Wildman–Crippen MR) is 33.2 cm³/mol. The van der Waals surface area contributed by atoms with Gasteiger partial charge >= 0.3 is 5.97 Å². The number of rotatable bonds is 1. The monoisotopic (exact) mass is 129 g/mol. The summed E-state index contributed by atoms with van der Waals surface area (Å²) >= 11 is 0. The van der Waals surface area contributed by atoms with Crippen LogP contribution in [0.5, 0.6) is 0 Å². The minimum atomic E-state index is -0.674. The molecule has 0 spiro atoms. The van der Waals surface area contributed by atoms with Gasteiger partial charge in [0.2, 0.25) is 0 Å². The van der Waals surface area contributed by atoms with Crippen molar-refractivity contribution in [3.63, 3.8) is 0 Å². The van der Waals surface area contributed by atoms with Crippen molar-refractivity contribution in [1.29, 1.82) is 0 Å². The van der Waals surface area contributed by atoms with Gasteiger partial charge in [0, 0.05) is 6.04 Å². The van der Waals surface area contributed by atoms with Crippen molar-refractivity contribution in [2.24, 2.45) is 5.92 Å². The van der Waals surface area contributed by atoms with E-state index in [0.29, 0.717) is 0 Å². The second-order valence-corrected chi connectivity index (χ2v) is 2.48. The van der Waals surface area contributed by atoms with Crippen LogP contribution >= 0.6 is 0 Å². The number of aliphatic carboxylic acids is 1. The maximum absolute atomic E-state index is 10.4. The van der Waals surface area contributed by atoms with Crippen LogP contribution in [0.1, 0.15) is 13.3 Å². The van der Waals surface area contributed by atoms with Crippen LogP contribution in [-0.4, -0.2) is 23.7 Å². The standard InChI is InChI=1S/C6H11NO2/c1-4-5(6(8)9)2-3-7-4/h4-5,7H,2-3H2,1H3,(H,8,9). The zero-order valence-corrected chi connectivity index (χ0v) is 5.42. The van der Waals surface area contributed by atoms with Gasteiger partial charge in [-0.2, -0.15) is 0 Å². The number of carboxylic acids is 1. The van der Waals surface area contributed by atoms with Gasteiger partial charge in [-0.3, -0.25) is 4.79 Å². The van der Waals surface area contributed by atoms with E-state index in [-0.39, 0.29) is 12.0 Å². The molecule has 0 aromatic carbocycles. The summed E-state index contributed by atoms with van der Waals surface area (Å²) in [5, 5.41) is 11.6. The molecule has 3 nitrogen and oxygen atoms in total. The Balaban J connectivity index is 2.49. The molecule has 0 radical (unpaired) electrons. The third-order valence-corrected chi connectivity index (χ3v) is 1.84. The van der Waals surface area contributed by atoms with Crippen molar-refractivity contribution in [2.45, 2.75) is 19.4 Å². The van der Waals surface area contributed by atoms with Crippen LogP contribution in [0.2, 0.25) is 0 Å². The van der Waals surface area contributed by atoms with E-state index in [1.54, 1.807) is 0 Å². The van der Waals surface area contributed by atoms with Crippen LogP contribution in [-0.2, 0) is 4.79 Å². The highest BCUT2D eigenvalue weighted by atomic mass is 16.4. The van der Waals surface area contributed by atoms with Crippen LogP contribution in [0.15, 0.2) is 0 Å². The van der Waals surface area contributed by atoms with Gasteiger partial charge in [-0.05, 0) is 19.9 Å². The molecule has 9 heavy (non-hydrogen) atoms. The first-order valence-electron chi connectivity index (χ1n) is 3.18. The fraction of sp³-hybridized carbons (Fsp3) is 0.833. The maximum atomic E-state index is 10.4. The molecule has 2 unspecified atom stereocenters. The van der Waals surface area contributed by atoms with Gasteiger partial charge in [-0.1, -0.05) is 0 Å². The van der Waals surface area contributed by atoms with Gasteiger partial charge < -0.3 is 10.4 Å². The molecule has 0 aromatic rings. The van der Waals surface area contributed by atoms with Gasteiger partial charge in [0.05, 0.1) is 5.92 Å². The summed E-state index contributed by atoms with van der Waals surface area (Å²) in [5.74, 6) is -0.836. The molecule has 0 bridgehead atoms. The summed E-state index contributed by atoms with van der Waals surface area (Å²) in [6, 6.07) is 0.155. The molecule has 1 aliphatic heterocycles. The third kappa shape index (κ3) is 1.21.